The van der Waals surface area contributed by atoms with Crippen molar-refractivity contribution in [2.24, 2.45) is 0 Å². The molecule has 0 radical (unpaired) electrons. The summed E-state index contributed by atoms with van der Waals surface area (Å²) in [6.07, 6.45) is 4.95. The lowest BCUT2D eigenvalue weighted by molar-refractivity contribution is -0.132. The van der Waals surface area contributed by atoms with Crippen LogP contribution in [0.4, 0.5) is 0 Å². The van der Waals surface area contributed by atoms with Crippen molar-refractivity contribution in [3.63, 3.8) is 0 Å². The van der Waals surface area contributed by atoms with E-state index in [9.17, 15) is 9.90 Å². The van der Waals surface area contributed by atoms with E-state index in [1.54, 1.807) is 0 Å². The van der Waals surface area contributed by atoms with Gasteiger partial charge in [-0.05, 0) is 25.3 Å². The Morgan fingerprint density at radius 1 is 1.22 bits per heavy atom. The summed E-state index contributed by atoms with van der Waals surface area (Å²) in [4.78, 5) is 16.7. The summed E-state index contributed by atoms with van der Waals surface area (Å²) in [6, 6.07) is 1.98. The highest BCUT2D eigenvalue weighted by Gasteiger charge is 2.24. The number of carbonyl (C=O) groups excluding carboxylic acids is 1. The average Bonchev–Trinajstić information content (AvgIpc) is 2.79. The first-order chi connectivity index (χ1) is 11.2. The van der Waals surface area contributed by atoms with Gasteiger partial charge in [0.2, 0.25) is 5.91 Å². The number of aromatic nitrogens is 2. The molecule has 1 aromatic heterocycles. The fourth-order valence-electron chi connectivity index (χ4n) is 3.46. The largest absolute Gasteiger partial charge is 0.387 e. The van der Waals surface area contributed by atoms with Crippen molar-refractivity contribution in [2.45, 2.75) is 58.2 Å². The highest BCUT2D eigenvalue weighted by atomic mass is 16.3. The SMILES string of the molecule is CC[C@H](O)c1cc2n(n1)CCN(CC(=O)N1CCCCCC1)C2. The lowest BCUT2D eigenvalue weighted by Gasteiger charge is -2.29. The lowest BCUT2D eigenvalue weighted by atomic mass is 10.2. The molecule has 1 atom stereocenters. The minimum Gasteiger partial charge on any atom is -0.387 e. The summed E-state index contributed by atoms with van der Waals surface area (Å²) in [5.41, 5.74) is 1.85. The van der Waals surface area contributed by atoms with E-state index in [1.165, 1.54) is 12.8 Å². The molecule has 1 amide bonds. The van der Waals surface area contributed by atoms with Crippen LogP contribution in [0, 0.1) is 0 Å². The fourth-order valence-corrected chi connectivity index (χ4v) is 3.46. The molecule has 2 aliphatic heterocycles. The smallest absolute Gasteiger partial charge is 0.236 e. The summed E-state index contributed by atoms with van der Waals surface area (Å²) < 4.78 is 1.97. The van der Waals surface area contributed by atoms with Crippen LogP contribution in [-0.2, 0) is 17.9 Å². The average molecular weight is 320 g/mol. The molecule has 0 aliphatic carbocycles. The van der Waals surface area contributed by atoms with Crippen LogP contribution in [0.1, 0.15) is 56.5 Å². The molecule has 23 heavy (non-hydrogen) atoms. The number of aliphatic hydroxyl groups excluding tert-OH is 1. The number of rotatable bonds is 4. The summed E-state index contributed by atoms with van der Waals surface area (Å²) >= 11 is 0. The monoisotopic (exact) mass is 320 g/mol. The molecule has 0 bridgehead atoms. The number of carbonyl (C=O) groups is 1. The van der Waals surface area contributed by atoms with E-state index in [-0.39, 0.29) is 5.91 Å². The van der Waals surface area contributed by atoms with Crippen molar-refractivity contribution in [1.82, 2.24) is 19.6 Å². The molecule has 0 unspecified atom stereocenters. The lowest BCUT2D eigenvalue weighted by Crippen LogP contribution is -2.43. The first kappa shape index (κ1) is 16.5. The molecule has 0 saturated carbocycles. The van der Waals surface area contributed by atoms with Crippen LogP contribution in [-0.4, -0.2) is 56.8 Å². The second-order valence-corrected chi connectivity index (χ2v) is 6.71. The van der Waals surface area contributed by atoms with Crippen LogP contribution in [0.3, 0.4) is 0 Å². The van der Waals surface area contributed by atoms with E-state index in [4.69, 9.17) is 0 Å². The summed E-state index contributed by atoms with van der Waals surface area (Å²) in [7, 11) is 0. The summed E-state index contributed by atoms with van der Waals surface area (Å²) in [6.45, 7) is 6.65. The van der Waals surface area contributed by atoms with Gasteiger partial charge in [0.25, 0.3) is 0 Å². The predicted octanol–water partition coefficient (Wildman–Crippen LogP) is 1.54. The Balaban J connectivity index is 1.58. The number of amides is 1. The Morgan fingerprint density at radius 3 is 2.65 bits per heavy atom. The van der Waals surface area contributed by atoms with Crippen molar-refractivity contribution in [3.05, 3.63) is 17.5 Å². The summed E-state index contributed by atoms with van der Waals surface area (Å²) in [5, 5.41) is 14.4. The maximum absolute atomic E-state index is 12.5. The maximum Gasteiger partial charge on any atom is 0.236 e. The van der Waals surface area contributed by atoms with Crippen molar-refractivity contribution in [1.29, 1.82) is 0 Å². The van der Waals surface area contributed by atoms with Crippen LogP contribution in [0.15, 0.2) is 6.07 Å². The number of nitrogens with zero attached hydrogens (tertiary/aromatic N) is 4. The first-order valence-electron chi connectivity index (χ1n) is 8.92. The standard InChI is InChI=1S/C17H28N4O2/c1-2-16(22)15-11-14-12-19(9-10-21(14)18-15)13-17(23)20-7-5-3-4-6-8-20/h11,16,22H,2-10,12-13H2,1H3/t16-/m0/s1. The van der Waals surface area contributed by atoms with Crippen LogP contribution in [0.2, 0.25) is 0 Å². The second-order valence-electron chi connectivity index (χ2n) is 6.71. The predicted molar refractivity (Wildman–Crippen MR) is 87.8 cm³/mol. The van der Waals surface area contributed by atoms with E-state index in [0.717, 1.165) is 57.0 Å². The zero-order valence-electron chi connectivity index (χ0n) is 14.1. The van der Waals surface area contributed by atoms with Gasteiger partial charge in [-0.3, -0.25) is 14.4 Å². The van der Waals surface area contributed by atoms with Gasteiger partial charge in [0.05, 0.1) is 30.6 Å². The molecule has 3 rings (SSSR count). The Labute approximate surface area is 138 Å². The van der Waals surface area contributed by atoms with Gasteiger partial charge in [-0.1, -0.05) is 19.8 Å². The molecule has 6 heteroatoms. The highest BCUT2D eigenvalue weighted by Crippen LogP contribution is 2.20. The Kier molecular flexibility index (Phi) is 5.33. The van der Waals surface area contributed by atoms with E-state index >= 15 is 0 Å². The van der Waals surface area contributed by atoms with Gasteiger partial charge < -0.3 is 10.0 Å². The van der Waals surface area contributed by atoms with E-state index in [0.29, 0.717) is 13.0 Å². The number of likely N-dealkylation sites (tertiary alicyclic amines) is 1. The van der Waals surface area contributed by atoms with Crippen LogP contribution >= 0.6 is 0 Å². The molecule has 3 heterocycles. The molecule has 1 N–H and O–H groups in total. The Hall–Kier alpha value is -1.40. The maximum atomic E-state index is 12.5. The van der Waals surface area contributed by atoms with Crippen molar-refractivity contribution in [3.8, 4) is 0 Å². The van der Waals surface area contributed by atoms with Crippen molar-refractivity contribution >= 4 is 5.91 Å². The fraction of sp³-hybridized carbons (Fsp3) is 0.765. The molecular formula is C17H28N4O2. The Bertz CT molecular complexity index is 535. The van der Waals surface area contributed by atoms with Gasteiger partial charge in [0.1, 0.15) is 0 Å². The molecule has 1 aromatic rings. The molecule has 2 aliphatic rings. The van der Waals surface area contributed by atoms with Gasteiger partial charge in [-0.15, -0.1) is 0 Å². The minimum atomic E-state index is -0.486. The minimum absolute atomic E-state index is 0.258. The highest BCUT2D eigenvalue weighted by molar-refractivity contribution is 5.78. The third-order valence-electron chi connectivity index (χ3n) is 4.94. The number of hydrogen-bond donors (Lipinski definition) is 1. The number of hydrogen-bond acceptors (Lipinski definition) is 4. The quantitative estimate of drug-likeness (QED) is 0.914. The molecule has 6 nitrogen and oxygen atoms in total. The third kappa shape index (κ3) is 3.93. The zero-order chi connectivity index (χ0) is 16.2. The van der Waals surface area contributed by atoms with Gasteiger partial charge in [-0.25, -0.2) is 0 Å². The zero-order valence-corrected chi connectivity index (χ0v) is 14.1. The summed E-state index contributed by atoms with van der Waals surface area (Å²) in [5.74, 6) is 0.258. The first-order valence-corrected chi connectivity index (χ1v) is 8.92. The van der Waals surface area contributed by atoms with Crippen molar-refractivity contribution in [2.75, 3.05) is 26.2 Å². The molecule has 128 valence electrons. The van der Waals surface area contributed by atoms with Crippen molar-refractivity contribution < 1.29 is 9.90 Å². The molecule has 0 aromatic carbocycles. The van der Waals surface area contributed by atoms with E-state index in [1.807, 2.05) is 22.6 Å². The molecule has 1 saturated heterocycles. The molecular weight excluding hydrogens is 292 g/mol. The Morgan fingerprint density at radius 2 is 1.96 bits per heavy atom. The second kappa shape index (κ2) is 7.45. The third-order valence-corrected chi connectivity index (χ3v) is 4.94. The van der Waals surface area contributed by atoms with Gasteiger partial charge in [0, 0.05) is 26.2 Å². The number of aliphatic hydroxyl groups is 1. The van der Waals surface area contributed by atoms with E-state index < -0.39 is 6.10 Å². The van der Waals surface area contributed by atoms with E-state index in [2.05, 4.69) is 10.00 Å². The molecule has 0 spiro atoms. The van der Waals surface area contributed by atoms with Gasteiger partial charge >= 0.3 is 0 Å². The topological polar surface area (TPSA) is 61.6 Å². The molecule has 1 fully saturated rings. The number of fused-ring (bicyclic) bond motifs is 1. The van der Waals surface area contributed by atoms with Crippen LogP contribution in [0.25, 0.3) is 0 Å². The van der Waals surface area contributed by atoms with Crippen LogP contribution in [0.5, 0.6) is 0 Å². The normalized spacial score (nSPS) is 20.9. The van der Waals surface area contributed by atoms with Gasteiger partial charge in [-0.2, -0.15) is 5.10 Å². The van der Waals surface area contributed by atoms with Gasteiger partial charge in [0.15, 0.2) is 0 Å². The van der Waals surface area contributed by atoms with Crippen LogP contribution < -0.4 is 0 Å².